The van der Waals surface area contributed by atoms with Crippen molar-refractivity contribution in [1.82, 2.24) is 4.90 Å². The predicted octanol–water partition coefficient (Wildman–Crippen LogP) is 2.30. The number of benzene rings is 1. The van der Waals surface area contributed by atoms with Gasteiger partial charge in [0.1, 0.15) is 0 Å². The fraction of sp³-hybridized carbons (Fsp3) is 0.571. The molecule has 2 heteroatoms. The van der Waals surface area contributed by atoms with Gasteiger partial charge in [0.2, 0.25) is 0 Å². The summed E-state index contributed by atoms with van der Waals surface area (Å²) in [6, 6.07) is 10.7. The van der Waals surface area contributed by atoms with Gasteiger partial charge in [-0.05, 0) is 30.9 Å². The molecule has 0 amide bonds. The largest absolute Gasteiger partial charge is 0.377 e. The molecule has 0 spiro atoms. The number of ether oxygens (including phenoxy) is 1. The molecular weight excluding hydrogens is 198 g/mol. The van der Waals surface area contributed by atoms with Gasteiger partial charge in [0.15, 0.2) is 0 Å². The molecule has 2 heterocycles. The average Bonchev–Trinajstić information content (AvgIpc) is 2.77. The Labute approximate surface area is 97.2 Å². The van der Waals surface area contributed by atoms with Crippen LogP contribution in [0, 0.1) is 5.92 Å². The molecule has 0 aromatic heterocycles. The zero-order valence-corrected chi connectivity index (χ0v) is 9.64. The van der Waals surface area contributed by atoms with E-state index in [0.717, 1.165) is 25.6 Å². The molecule has 2 saturated heterocycles. The maximum absolute atomic E-state index is 5.78. The first-order chi connectivity index (χ1) is 7.92. The number of piperidine rings is 1. The van der Waals surface area contributed by atoms with Gasteiger partial charge in [-0.15, -0.1) is 0 Å². The minimum Gasteiger partial charge on any atom is -0.377 e. The van der Waals surface area contributed by atoms with E-state index >= 15 is 0 Å². The number of rotatable bonds is 2. The highest BCUT2D eigenvalue weighted by atomic mass is 16.5. The number of nitrogens with zero attached hydrogens (tertiary/aromatic N) is 1. The van der Waals surface area contributed by atoms with E-state index in [1.807, 2.05) is 0 Å². The lowest BCUT2D eigenvalue weighted by Crippen LogP contribution is -2.41. The van der Waals surface area contributed by atoms with Crippen molar-refractivity contribution in [3.8, 4) is 0 Å². The first-order valence-corrected chi connectivity index (χ1v) is 6.30. The van der Waals surface area contributed by atoms with Crippen molar-refractivity contribution in [2.45, 2.75) is 25.5 Å². The highest BCUT2D eigenvalue weighted by Crippen LogP contribution is 2.29. The quantitative estimate of drug-likeness (QED) is 0.753. The summed E-state index contributed by atoms with van der Waals surface area (Å²) >= 11 is 0. The van der Waals surface area contributed by atoms with Gasteiger partial charge < -0.3 is 4.74 Å². The molecule has 0 bridgehead atoms. The van der Waals surface area contributed by atoms with Gasteiger partial charge in [0.05, 0.1) is 6.10 Å². The summed E-state index contributed by atoms with van der Waals surface area (Å²) in [6.45, 7) is 4.42. The van der Waals surface area contributed by atoms with Gasteiger partial charge in [0.25, 0.3) is 0 Å². The van der Waals surface area contributed by atoms with Crippen LogP contribution < -0.4 is 0 Å². The number of fused-ring (bicyclic) bond motifs is 1. The standard InChI is InChI=1S/C14H19NO/c1-2-4-12(5-3-1)10-15-8-6-13-7-9-16-14(13)11-15/h1-5,13-14H,6-11H2/t13-,14+/m1/s1. The highest BCUT2D eigenvalue weighted by molar-refractivity contribution is 5.14. The van der Waals surface area contributed by atoms with Gasteiger partial charge in [-0.3, -0.25) is 4.90 Å². The Morgan fingerprint density at radius 3 is 2.94 bits per heavy atom. The van der Waals surface area contributed by atoms with Crippen LogP contribution in [0.2, 0.25) is 0 Å². The first-order valence-electron chi connectivity index (χ1n) is 6.30. The molecule has 2 aliphatic heterocycles. The van der Waals surface area contributed by atoms with Crippen molar-refractivity contribution in [2.24, 2.45) is 5.92 Å². The van der Waals surface area contributed by atoms with E-state index in [1.54, 1.807) is 0 Å². The molecule has 0 unspecified atom stereocenters. The van der Waals surface area contributed by atoms with Crippen molar-refractivity contribution >= 4 is 0 Å². The lowest BCUT2D eigenvalue weighted by Gasteiger charge is -2.34. The summed E-state index contributed by atoms with van der Waals surface area (Å²) in [7, 11) is 0. The zero-order valence-electron chi connectivity index (χ0n) is 9.64. The lowest BCUT2D eigenvalue weighted by atomic mass is 9.93. The maximum atomic E-state index is 5.78. The van der Waals surface area contributed by atoms with E-state index in [9.17, 15) is 0 Å². The third-order valence-corrected chi connectivity index (χ3v) is 3.85. The Bertz CT molecular complexity index is 338. The van der Waals surface area contributed by atoms with Crippen molar-refractivity contribution in [3.05, 3.63) is 35.9 Å². The second-order valence-electron chi connectivity index (χ2n) is 4.97. The molecule has 0 aliphatic carbocycles. The predicted molar refractivity (Wildman–Crippen MR) is 64.2 cm³/mol. The zero-order chi connectivity index (χ0) is 10.8. The van der Waals surface area contributed by atoms with Gasteiger partial charge in [0, 0.05) is 19.7 Å². The normalized spacial score (nSPS) is 30.2. The first kappa shape index (κ1) is 10.3. The maximum Gasteiger partial charge on any atom is 0.0731 e. The molecule has 3 rings (SSSR count). The van der Waals surface area contributed by atoms with Crippen LogP contribution >= 0.6 is 0 Å². The monoisotopic (exact) mass is 217 g/mol. The van der Waals surface area contributed by atoms with Crippen molar-refractivity contribution in [3.63, 3.8) is 0 Å². The van der Waals surface area contributed by atoms with Crippen molar-refractivity contribution in [2.75, 3.05) is 19.7 Å². The Balaban J connectivity index is 1.60. The third kappa shape index (κ3) is 2.13. The van der Waals surface area contributed by atoms with Gasteiger partial charge in [-0.2, -0.15) is 0 Å². The topological polar surface area (TPSA) is 12.5 Å². The van der Waals surface area contributed by atoms with E-state index in [2.05, 4.69) is 35.2 Å². The van der Waals surface area contributed by atoms with Crippen molar-refractivity contribution in [1.29, 1.82) is 0 Å². The Morgan fingerprint density at radius 2 is 2.06 bits per heavy atom. The Kier molecular flexibility index (Phi) is 2.94. The van der Waals surface area contributed by atoms with Crippen LogP contribution in [0.15, 0.2) is 30.3 Å². The fourth-order valence-electron chi connectivity index (χ4n) is 2.90. The van der Waals surface area contributed by atoms with Gasteiger partial charge in [-0.25, -0.2) is 0 Å². The Hall–Kier alpha value is -0.860. The van der Waals surface area contributed by atoms with Crippen LogP contribution in [0.5, 0.6) is 0 Å². The van der Waals surface area contributed by atoms with Crippen LogP contribution in [-0.4, -0.2) is 30.7 Å². The summed E-state index contributed by atoms with van der Waals surface area (Å²) in [4.78, 5) is 2.53. The summed E-state index contributed by atoms with van der Waals surface area (Å²) in [5.41, 5.74) is 1.42. The molecule has 0 N–H and O–H groups in total. The summed E-state index contributed by atoms with van der Waals surface area (Å²) < 4.78 is 5.78. The smallest absolute Gasteiger partial charge is 0.0731 e. The van der Waals surface area contributed by atoms with Crippen LogP contribution in [0.1, 0.15) is 18.4 Å². The van der Waals surface area contributed by atoms with E-state index in [0.29, 0.717) is 6.10 Å². The molecule has 2 aliphatic rings. The molecule has 2 nitrogen and oxygen atoms in total. The summed E-state index contributed by atoms with van der Waals surface area (Å²) in [5.74, 6) is 0.840. The summed E-state index contributed by atoms with van der Waals surface area (Å²) in [5, 5.41) is 0. The van der Waals surface area contributed by atoms with E-state index in [-0.39, 0.29) is 0 Å². The Morgan fingerprint density at radius 1 is 1.19 bits per heavy atom. The minimum atomic E-state index is 0.512. The SMILES string of the molecule is c1ccc(CN2CC[C@@H]3CCO[C@H]3C2)cc1. The average molecular weight is 217 g/mol. The van der Waals surface area contributed by atoms with Crippen LogP contribution in [0.25, 0.3) is 0 Å². The van der Waals surface area contributed by atoms with Gasteiger partial charge >= 0.3 is 0 Å². The number of hydrogen-bond donors (Lipinski definition) is 0. The van der Waals surface area contributed by atoms with Crippen molar-refractivity contribution < 1.29 is 4.74 Å². The molecular formula is C14H19NO. The molecule has 0 radical (unpaired) electrons. The fourth-order valence-corrected chi connectivity index (χ4v) is 2.90. The third-order valence-electron chi connectivity index (χ3n) is 3.85. The van der Waals surface area contributed by atoms with E-state index < -0.39 is 0 Å². The lowest BCUT2D eigenvalue weighted by molar-refractivity contribution is 0.0236. The van der Waals surface area contributed by atoms with Crippen LogP contribution in [-0.2, 0) is 11.3 Å². The van der Waals surface area contributed by atoms with E-state index in [4.69, 9.17) is 4.74 Å². The van der Waals surface area contributed by atoms with E-state index in [1.165, 1.54) is 24.9 Å². The molecule has 86 valence electrons. The molecule has 2 atom stereocenters. The second kappa shape index (κ2) is 4.56. The molecule has 16 heavy (non-hydrogen) atoms. The van der Waals surface area contributed by atoms with Crippen LogP contribution in [0.3, 0.4) is 0 Å². The molecule has 1 aromatic carbocycles. The van der Waals surface area contributed by atoms with Gasteiger partial charge in [-0.1, -0.05) is 30.3 Å². The molecule has 2 fully saturated rings. The highest BCUT2D eigenvalue weighted by Gasteiger charge is 2.33. The van der Waals surface area contributed by atoms with Crippen LogP contribution in [0.4, 0.5) is 0 Å². The minimum absolute atomic E-state index is 0.512. The summed E-state index contributed by atoms with van der Waals surface area (Å²) in [6.07, 6.45) is 3.11. The molecule has 1 aromatic rings. The number of likely N-dealkylation sites (tertiary alicyclic amines) is 1. The number of hydrogen-bond acceptors (Lipinski definition) is 2. The second-order valence-corrected chi connectivity index (χ2v) is 4.97. The molecule has 0 saturated carbocycles.